The summed E-state index contributed by atoms with van der Waals surface area (Å²) in [5.41, 5.74) is 1.58. The van der Waals surface area contributed by atoms with E-state index in [1.54, 1.807) is 10.6 Å². The fourth-order valence-corrected chi connectivity index (χ4v) is 3.69. The topological polar surface area (TPSA) is 95.3 Å². The highest BCUT2D eigenvalue weighted by Crippen LogP contribution is 2.18. The Morgan fingerprint density at radius 3 is 2.79 bits per heavy atom. The normalized spacial score (nSPS) is 15.5. The van der Waals surface area contributed by atoms with Gasteiger partial charge in [-0.25, -0.2) is 9.97 Å². The molecule has 28 heavy (non-hydrogen) atoms. The van der Waals surface area contributed by atoms with Gasteiger partial charge in [-0.2, -0.15) is 14.6 Å². The first-order chi connectivity index (χ1) is 13.7. The van der Waals surface area contributed by atoms with Crippen molar-refractivity contribution in [2.45, 2.75) is 13.5 Å². The highest BCUT2D eigenvalue weighted by atomic mass is 16.1. The van der Waals surface area contributed by atoms with E-state index >= 15 is 0 Å². The van der Waals surface area contributed by atoms with Gasteiger partial charge in [0.05, 0.1) is 17.4 Å². The number of aromatic amines is 1. The third-order valence-corrected chi connectivity index (χ3v) is 5.09. The molecule has 0 saturated carbocycles. The minimum atomic E-state index is -0.0833. The molecule has 142 valence electrons. The Morgan fingerprint density at radius 1 is 1.11 bits per heavy atom. The fraction of sp³-hybridized carbons (Fsp3) is 0.316. The molecule has 1 aliphatic heterocycles. The van der Waals surface area contributed by atoms with Crippen molar-refractivity contribution in [3.05, 3.63) is 58.5 Å². The Morgan fingerprint density at radius 2 is 1.93 bits per heavy atom. The van der Waals surface area contributed by atoms with Crippen LogP contribution in [0.25, 0.3) is 16.7 Å². The summed E-state index contributed by atoms with van der Waals surface area (Å²) < 4.78 is 1.78. The summed E-state index contributed by atoms with van der Waals surface area (Å²) in [5, 5.41) is 4.92. The third-order valence-electron chi connectivity index (χ3n) is 5.09. The maximum Gasteiger partial charge on any atom is 0.258 e. The number of hydrogen-bond donors (Lipinski definition) is 1. The third kappa shape index (κ3) is 2.99. The van der Waals surface area contributed by atoms with Crippen LogP contribution in [-0.2, 0) is 6.54 Å². The van der Waals surface area contributed by atoms with Crippen molar-refractivity contribution in [1.29, 1.82) is 0 Å². The molecule has 5 rings (SSSR count). The second-order valence-electron chi connectivity index (χ2n) is 7.02. The Kier molecular flexibility index (Phi) is 4.01. The molecule has 0 amide bonds. The van der Waals surface area contributed by atoms with Gasteiger partial charge in [0.2, 0.25) is 0 Å². The number of piperazine rings is 1. The number of rotatable bonds is 3. The minimum absolute atomic E-state index is 0.0833. The average molecular weight is 376 g/mol. The van der Waals surface area contributed by atoms with Gasteiger partial charge in [-0.15, -0.1) is 0 Å². The first-order valence-corrected chi connectivity index (χ1v) is 9.30. The van der Waals surface area contributed by atoms with Gasteiger partial charge < -0.3 is 9.88 Å². The molecule has 0 atom stereocenters. The van der Waals surface area contributed by atoms with Crippen molar-refractivity contribution in [3.63, 3.8) is 0 Å². The van der Waals surface area contributed by atoms with E-state index in [0.717, 1.165) is 43.2 Å². The van der Waals surface area contributed by atoms with Crippen LogP contribution < -0.4 is 10.5 Å². The molecule has 3 aromatic heterocycles. The number of nitrogens with zero attached hydrogens (tertiary/aromatic N) is 7. The van der Waals surface area contributed by atoms with Crippen molar-refractivity contribution in [2.75, 3.05) is 31.1 Å². The first-order valence-electron chi connectivity index (χ1n) is 9.30. The van der Waals surface area contributed by atoms with Gasteiger partial charge in [0.15, 0.2) is 0 Å². The molecular formula is C19H20N8O. The van der Waals surface area contributed by atoms with Crippen LogP contribution in [0.3, 0.4) is 0 Å². The molecule has 0 aliphatic carbocycles. The largest absolute Gasteiger partial charge is 0.354 e. The van der Waals surface area contributed by atoms with E-state index in [1.807, 2.05) is 31.2 Å². The number of hydrogen-bond acceptors (Lipinski definition) is 7. The molecule has 0 spiro atoms. The number of anilines is 1. The van der Waals surface area contributed by atoms with E-state index in [4.69, 9.17) is 0 Å². The van der Waals surface area contributed by atoms with Crippen LogP contribution in [0.4, 0.5) is 5.82 Å². The lowest BCUT2D eigenvalue weighted by Gasteiger charge is -2.35. The molecule has 1 fully saturated rings. The van der Waals surface area contributed by atoms with Crippen molar-refractivity contribution in [3.8, 4) is 0 Å². The number of aryl methyl sites for hydroxylation is 1. The van der Waals surface area contributed by atoms with Gasteiger partial charge in [-0.3, -0.25) is 9.69 Å². The van der Waals surface area contributed by atoms with Crippen LogP contribution in [0.5, 0.6) is 0 Å². The predicted molar refractivity (Wildman–Crippen MR) is 105 cm³/mol. The summed E-state index contributed by atoms with van der Waals surface area (Å²) in [6.07, 6.45) is 1.53. The van der Waals surface area contributed by atoms with Gasteiger partial charge in [0.1, 0.15) is 18.0 Å². The standard InChI is InChI=1S/C19H20N8O/c1-13-10-17(27-19(22-13)20-12-21-27)26-8-6-25(7-9-26)11-16-23-15-5-3-2-4-14(15)18(28)24-16/h2-5,10,12H,6-9,11H2,1H3,(H,23,24,28). The van der Waals surface area contributed by atoms with Crippen LogP contribution in [0.15, 0.2) is 41.5 Å². The van der Waals surface area contributed by atoms with E-state index in [9.17, 15) is 4.79 Å². The van der Waals surface area contributed by atoms with Gasteiger partial charge >= 0.3 is 0 Å². The monoisotopic (exact) mass is 376 g/mol. The Labute approximate surface area is 160 Å². The lowest BCUT2D eigenvalue weighted by Crippen LogP contribution is -2.47. The number of fused-ring (bicyclic) bond motifs is 2. The van der Waals surface area contributed by atoms with E-state index in [2.05, 4.69) is 34.8 Å². The zero-order valence-electron chi connectivity index (χ0n) is 15.5. The van der Waals surface area contributed by atoms with Crippen molar-refractivity contribution in [1.82, 2.24) is 34.4 Å². The number of nitrogens with one attached hydrogen (secondary N) is 1. The van der Waals surface area contributed by atoms with Gasteiger partial charge in [-0.05, 0) is 19.1 Å². The smallest absolute Gasteiger partial charge is 0.258 e. The minimum Gasteiger partial charge on any atom is -0.354 e. The first kappa shape index (κ1) is 16.8. The van der Waals surface area contributed by atoms with E-state index < -0.39 is 0 Å². The lowest BCUT2D eigenvalue weighted by atomic mass is 10.2. The quantitative estimate of drug-likeness (QED) is 0.570. The van der Waals surface area contributed by atoms with Crippen molar-refractivity contribution < 1.29 is 0 Å². The van der Waals surface area contributed by atoms with Crippen LogP contribution >= 0.6 is 0 Å². The molecule has 0 bridgehead atoms. The average Bonchev–Trinajstić information content (AvgIpc) is 3.16. The maximum absolute atomic E-state index is 12.3. The Balaban J connectivity index is 1.32. The molecule has 1 N–H and O–H groups in total. The van der Waals surface area contributed by atoms with Gasteiger partial charge in [0, 0.05) is 37.9 Å². The number of H-pyrrole nitrogens is 1. The summed E-state index contributed by atoms with van der Waals surface area (Å²) in [6.45, 7) is 6.05. The van der Waals surface area contributed by atoms with E-state index in [1.165, 1.54) is 6.33 Å². The summed E-state index contributed by atoms with van der Waals surface area (Å²) in [6, 6.07) is 9.47. The zero-order chi connectivity index (χ0) is 19.1. The molecule has 1 aliphatic rings. The Hall–Kier alpha value is -3.33. The molecule has 0 unspecified atom stereocenters. The maximum atomic E-state index is 12.3. The highest BCUT2D eigenvalue weighted by Gasteiger charge is 2.21. The molecule has 1 aromatic carbocycles. The van der Waals surface area contributed by atoms with Gasteiger partial charge in [0.25, 0.3) is 11.3 Å². The molecule has 4 aromatic rings. The van der Waals surface area contributed by atoms with Gasteiger partial charge in [-0.1, -0.05) is 12.1 Å². The summed E-state index contributed by atoms with van der Waals surface area (Å²) in [5.74, 6) is 2.34. The van der Waals surface area contributed by atoms with Crippen LogP contribution in [0.1, 0.15) is 11.5 Å². The van der Waals surface area contributed by atoms with Crippen LogP contribution in [0, 0.1) is 6.92 Å². The number of benzene rings is 1. The van der Waals surface area contributed by atoms with Crippen LogP contribution in [-0.4, -0.2) is 60.6 Å². The summed E-state index contributed by atoms with van der Waals surface area (Å²) >= 11 is 0. The fourth-order valence-electron chi connectivity index (χ4n) is 3.69. The van der Waals surface area contributed by atoms with Crippen molar-refractivity contribution in [2.24, 2.45) is 0 Å². The molecule has 9 heteroatoms. The highest BCUT2D eigenvalue weighted by molar-refractivity contribution is 5.77. The SMILES string of the molecule is Cc1cc(N2CCN(Cc3nc4ccccc4c(=O)[nH]3)CC2)n2ncnc2n1. The zero-order valence-corrected chi connectivity index (χ0v) is 15.5. The molecule has 9 nitrogen and oxygen atoms in total. The van der Waals surface area contributed by atoms with E-state index in [0.29, 0.717) is 23.5 Å². The summed E-state index contributed by atoms with van der Waals surface area (Å²) in [4.78, 5) is 33.0. The molecule has 4 heterocycles. The van der Waals surface area contributed by atoms with Crippen LogP contribution in [0.2, 0.25) is 0 Å². The predicted octanol–water partition coefficient (Wildman–Crippen LogP) is 0.991. The number of para-hydroxylation sites is 1. The van der Waals surface area contributed by atoms with Crippen molar-refractivity contribution >= 4 is 22.5 Å². The molecule has 0 radical (unpaired) electrons. The lowest BCUT2D eigenvalue weighted by molar-refractivity contribution is 0.243. The Bertz CT molecular complexity index is 1210. The molecule has 1 saturated heterocycles. The second kappa shape index (κ2) is 6.68. The van der Waals surface area contributed by atoms with E-state index in [-0.39, 0.29) is 5.56 Å². The second-order valence-corrected chi connectivity index (χ2v) is 7.02. The number of aromatic nitrogens is 6. The molecular weight excluding hydrogens is 356 g/mol. The summed E-state index contributed by atoms with van der Waals surface area (Å²) in [7, 11) is 0.